The number of aromatic nitrogens is 4. The highest BCUT2D eigenvalue weighted by atomic mass is 14.9. The minimum absolute atomic E-state index is 0.655. The topological polar surface area (TPSA) is 51.6 Å². The molecule has 0 aliphatic carbocycles. The van der Waals surface area contributed by atoms with E-state index in [0.717, 1.165) is 94.9 Å². The zero-order valence-electron chi connectivity index (χ0n) is 31.6. The number of hydrogen-bond donors (Lipinski definition) is 0. The lowest BCUT2D eigenvalue weighted by Gasteiger charge is -2.14. The molecular weight excluding hydrogens is 705 g/mol. The van der Waals surface area contributed by atoms with E-state index in [-0.39, 0.29) is 0 Å². The Kier molecular flexibility index (Phi) is 9.18. The molecule has 4 heteroatoms. The lowest BCUT2D eigenvalue weighted by Crippen LogP contribution is -1.97. The van der Waals surface area contributed by atoms with E-state index >= 15 is 0 Å². The number of rotatable bonds is 8. The van der Waals surface area contributed by atoms with Gasteiger partial charge in [-0.1, -0.05) is 158 Å². The van der Waals surface area contributed by atoms with E-state index in [1.807, 2.05) is 48.7 Å². The molecular formula is C54H36N4. The third-order valence-electron chi connectivity index (χ3n) is 10.5. The van der Waals surface area contributed by atoms with Gasteiger partial charge in [0.05, 0.1) is 28.3 Å². The molecule has 7 aromatic carbocycles. The van der Waals surface area contributed by atoms with Gasteiger partial charge < -0.3 is 0 Å². The highest BCUT2D eigenvalue weighted by Gasteiger charge is 2.16. The zero-order chi connectivity index (χ0) is 38.7. The number of benzene rings is 7. The van der Waals surface area contributed by atoms with Crippen LogP contribution in [-0.4, -0.2) is 19.9 Å². The number of nitrogens with zero attached hydrogens (tertiary/aromatic N) is 4. The van der Waals surface area contributed by atoms with Crippen molar-refractivity contribution in [1.82, 2.24) is 19.9 Å². The molecule has 0 unspecified atom stereocenters. The molecule has 3 heterocycles. The van der Waals surface area contributed by atoms with E-state index in [1.165, 1.54) is 0 Å². The fraction of sp³-hybridized carbons (Fsp3) is 0. The van der Waals surface area contributed by atoms with Crippen LogP contribution in [0.2, 0.25) is 0 Å². The molecule has 0 bridgehead atoms. The van der Waals surface area contributed by atoms with Crippen molar-refractivity contribution in [1.29, 1.82) is 0 Å². The molecule has 0 aliphatic rings. The van der Waals surface area contributed by atoms with Crippen LogP contribution >= 0.6 is 0 Å². The maximum atomic E-state index is 5.29. The van der Waals surface area contributed by atoms with Crippen LogP contribution in [0.1, 0.15) is 0 Å². The van der Waals surface area contributed by atoms with E-state index < -0.39 is 0 Å². The van der Waals surface area contributed by atoms with Gasteiger partial charge in [-0.25, -0.2) is 15.0 Å². The van der Waals surface area contributed by atoms with Crippen molar-refractivity contribution < 1.29 is 0 Å². The Labute approximate surface area is 337 Å². The maximum absolute atomic E-state index is 5.29. The molecule has 58 heavy (non-hydrogen) atoms. The van der Waals surface area contributed by atoms with Crippen LogP contribution in [0.4, 0.5) is 0 Å². The molecule has 0 radical (unpaired) electrons. The summed E-state index contributed by atoms with van der Waals surface area (Å²) in [6.45, 7) is 0. The first-order valence-corrected chi connectivity index (χ1v) is 19.5. The first kappa shape index (κ1) is 34.7. The van der Waals surface area contributed by atoms with Crippen molar-refractivity contribution in [3.8, 4) is 89.8 Å². The van der Waals surface area contributed by atoms with Crippen molar-refractivity contribution in [2.75, 3.05) is 0 Å². The van der Waals surface area contributed by atoms with Gasteiger partial charge in [0.2, 0.25) is 0 Å². The molecule has 3 aromatic heterocycles. The minimum Gasteiger partial charge on any atom is -0.256 e. The van der Waals surface area contributed by atoms with Crippen LogP contribution in [-0.2, 0) is 0 Å². The Morgan fingerprint density at radius 1 is 0.259 bits per heavy atom. The fourth-order valence-corrected chi connectivity index (χ4v) is 7.56. The fourth-order valence-electron chi connectivity index (χ4n) is 7.56. The predicted octanol–water partition coefficient (Wildman–Crippen LogP) is 13.8. The summed E-state index contributed by atoms with van der Waals surface area (Å²) in [4.78, 5) is 20.5. The Morgan fingerprint density at radius 3 is 1.38 bits per heavy atom. The maximum Gasteiger partial charge on any atom is 0.160 e. The van der Waals surface area contributed by atoms with Crippen LogP contribution in [0.3, 0.4) is 0 Å². The second-order valence-electron chi connectivity index (χ2n) is 14.3. The molecule has 0 saturated carbocycles. The summed E-state index contributed by atoms with van der Waals surface area (Å²) in [6, 6.07) is 73.8. The van der Waals surface area contributed by atoms with Gasteiger partial charge in [-0.3, -0.25) is 4.98 Å². The standard InChI is InChI=1S/C54H36N4/c1-5-15-37(16-6-1)43-28-29-48-52(34-43)57-54(58-53(48)42-21-11-4-12-22-42)47-32-44(31-46(33-47)49-23-13-14-30-55-49)39-24-26-41(27-25-39)51-36-45(38-17-7-2-8-18-38)35-50(56-51)40-19-9-3-10-20-40/h1-36H. The molecule has 0 aliphatic heterocycles. The first-order valence-electron chi connectivity index (χ1n) is 19.5. The van der Waals surface area contributed by atoms with Crippen molar-refractivity contribution in [3.63, 3.8) is 0 Å². The molecule has 0 saturated heterocycles. The molecule has 0 fully saturated rings. The van der Waals surface area contributed by atoms with Gasteiger partial charge in [-0.15, -0.1) is 0 Å². The molecule has 0 spiro atoms. The Balaban J connectivity index is 1.10. The van der Waals surface area contributed by atoms with Gasteiger partial charge in [0, 0.05) is 39.4 Å². The molecule has 4 nitrogen and oxygen atoms in total. The SMILES string of the molecule is c1ccc(-c2cc(-c3ccccc3)nc(-c3ccc(-c4cc(-c5ccccn5)cc(-c5nc(-c6ccccc6)c6ccc(-c7ccccc7)cc6n5)c4)cc3)c2)cc1. The van der Waals surface area contributed by atoms with Crippen LogP contribution in [0.25, 0.3) is 101 Å². The van der Waals surface area contributed by atoms with Crippen molar-refractivity contribution in [3.05, 3.63) is 219 Å². The van der Waals surface area contributed by atoms with E-state index in [4.69, 9.17) is 19.9 Å². The molecule has 0 atom stereocenters. The summed E-state index contributed by atoms with van der Waals surface area (Å²) in [6.07, 6.45) is 1.84. The highest BCUT2D eigenvalue weighted by Crippen LogP contribution is 2.37. The van der Waals surface area contributed by atoms with Crippen LogP contribution in [0, 0.1) is 0 Å². The summed E-state index contributed by atoms with van der Waals surface area (Å²) in [5.41, 5.74) is 16.2. The van der Waals surface area contributed by atoms with Crippen molar-refractivity contribution in [2.45, 2.75) is 0 Å². The van der Waals surface area contributed by atoms with Crippen LogP contribution < -0.4 is 0 Å². The summed E-state index contributed by atoms with van der Waals surface area (Å²) in [7, 11) is 0. The normalized spacial score (nSPS) is 11.1. The van der Waals surface area contributed by atoms with Gasteiger partial charge >= 0.3 is 0 Å². The molecule has 0 N–H and O–H groups in total. The van der Waals surface area contributed by atoms with Gasteiger partial charge in [0.1, 0.15) is 0 Å². The summed E-state index contributed by atoms with van der Waals surface area (Å²) in [5, 5.41) is 1.01. The van der Waals surface area contributed by atoms with Crippen molar-refractivity contribution in [2.24, 2.45) is 0 Å². The molecule has 272 valence electrons. The first-order chi connectivity index (χ1) is 28.7. The van der Waals surface area contributed by atoms with Crippen LogP contribution in [0.5, 0.6) is 0 Å². The monoisotopic (exact) mass is 740 g/mol. The Morgan fingerprint density at radius 2 is 0.741 bits per heavy atom. The lowest BCUT2D eigenvalue weighted by molar-refractivity contribution is 1.23. The predicted molar refractivity (Wildman–Crippen MR) is 239 cm³/mol. The van der Waals surface area contributed by atoms with E-state index in [1.54, 1.807) is 0 Å². The minimum atomic E-state index is 0.655. The molecule has 10 aromatic rings. The van der Waals surface area contributed by atoms with Crippen LogP contribution in [0.15, 0.2) is 219 Å². The van der Waals surface area contributed by atoms with Gasteiger partial charge in [-0.05, 0) is 88.0 Å². The van der Waals surface area contributed by atoms with Gasteiger partial charge in [-0.2, -0.15) is 0 Å². The quantitative estimate of drug-likeness (QED) is 0.156. The Hall–Kier alpha value is -7.82. The third kappa shape index (κ3) is 7.07. The second kappa shape index (κ2) is 15.4. The Bertz CT molecular complexity index is 2950. The third-order valence-corrected chi connectivity index (χ3v) is 10.5. The average Bonchev–Trinajstić information content (AvgIpc) is 3.32. The van der Waals surface area contributed by atoms with E-state index in [9.17, 15) is 0 Å². The largest absolute Gasteiger partial charge is 0.256 e. The van der Waals surface area contributed by atoms with Gasteiger partial charge in [0.25, 0.3) is 0 Å². The smallest absolute Gasteiger partial charge is 0.160 e. The summed E-state index contributed by atoms with van der Waals surface area (Å²) >= 11 is 0. The zero-order valence-corrected chi connectivity index (χ0v) is 31.6. The number of fused-ring (bicyclic) bond motifs is 1. The van der Waals surface area contributed by atoms with E-state index in [0.29, 0.717) is 5.82 Å². The lowest BCUT2D eigenvalue weighted by atomic mass is 9.95. The van der Waals surface area contributed by atoms with E-state index in [2.05, 4.69) is 170 Å². The number of hydrogen-bond acceptors (Lipinski definition) is 4. The second-order valence-corrected chi connectivity index (χ2v) is 14.3. The summed E-state index contributed by atoms with van der Waals surface area (Å²) in [5.74, 6) is 0.655. The summed E-state index contributed by atoms with van der Waals surface area (Å²) < 4.78 is 0. The van der Waals surface area contributed by atoms with Gasteiger partial charge in [0.15, 0.2) is 5.82 Å². The number of pyridine rings is 2. The molecule has 0 amide bonds. The highest BCUT2D eigenvalue weighted by molar-refractivity contribution is 5.96. The molecule has 10 rings (SSSR count). The average molecular weight is 741 g/mol. The van der Waals surface area contributed by atoms with Crippen molar-refractivity contribution >= 4 is 10.9 Å².